The first-order valence-corrected chi connectivity index (χ1v) is 6.03. The molecule has 0 aliphatic rings. The molecule has 0 aromatic rings. The average Bonchev–Trinajstić information content (AvgIpc) is 2.15. The lowest BCUT2D eigenvalue weighted by atomic mass is 10.2. The number of aliphatic hydroxyl groups is 1. The summed E-state index contributed by atoms with van der Waals surface area (Å²) in [5.74, 6) is 0. The van der Waals surface area contributed by atoms with E-state index in [1.165, 1.54) is 32.1 Å². The maximum absolute atomic E-state index is 9.00. The minimum atomic E-state index is -0.178. The van der Waals surface area contributed by atoms with Crippen LogP contribution in [0, 0.1) is 0 Å². The Bertz CT molecular complexity index is 102. The first kappa shape index (κ1) is 13.9. The van der Waals surface area contributed by atoms with Crippen molar-refractivity contribution < 1.29 is 9.84 Å². The third-order valence-corrected chi connectivity index (χ3v) is 2.30. The van der Waals surface area contributed by atoms with Crippen LogP contribution in [0.1, 0.15) is 58.8 Å². The smallest absolute Gasteiger partial charge is 0.0513 e. The van der Waals surface area contributed by atoms with E-state index in [4.69, 9.17) is 9.84 Å². The molecule has 0 amide bonds. The summed E-state index contributed by atoms with van der Waals surface area (Å²) >= 11 is 0. The molecule has 0 saturated heterocycles. The molecule has 14 heavy (non-hydrogen) atoms. The Labute approximate surface area is 88.7 Å². The first-order valence-electron chi connectivity index (χ1n) is 6.03. The van der Waals surface area contributed by atoms with Gasteiger partial charge < -0.3 is 9.84 Å². The molecule has 86 valence electrons. The highest BCUT2D eigenvalue weighted by Crippen LogP contribution is 2.03. The number of rotatable bonds is 10. The highest BCUT2D eigenvalue weighted by molar-refractivity contribution is 4.46. The highest BCUT2D eigenvalue weighted by atomic mass is 16.5. The third-order valence-electron chi connectivity index (χ3n) is 2.30. The van der Waals surface area contributed by atoms with Crippen LogP contribution in [-0.4, -0.2) is 24.4 Å². The van der Waals surface area contributed by atoms with Crippen molar-refractivity contribution in [3.63, 3.8) is 0 Å². The van der Waals surface area contributed by atoms with Gasteiger partial charge in [-0.1, -0.05) is 32.6 Å². The van der Waals surface area contributed by atoms with Crippen LogP contribution in [0.4, 0.5) is 0 Å². The van der Waals surface area contributed by atoms with Gasteiger partial charge in [-0.3, -0.25) is 0 Å². The van der Waals surface area contributed by atoms with Crippen LogP contribution in [0.15, 0.2) is 0 Å². The van der Waals surface area contributed by atoms with E-state index >= 15 is 0 Å². The summed E-state index contributed by atoms with van der Waals surface area (Å²) in [5.41, 5.74) is 0. The summed E-state index contributed by atoms with van der Waals surface area (Å²) in [6.07, 6.45) is 8.13. The van der Waals surface area contributed by atoms with Gasteiger partial charge in [0, 0.05) is 13.2 Å². The van der Waals surface area contributed by atoms with Crippen molar-refractivity contribution in [1.29, 1.82) is 0 Å². The van der Waals surface area contributed by atoms with Gasteiger partial charge in [0.25, 0.3) is 0 Å². The minimum Gasteiger partial charge on any atom is -0.393 e. The Balaban J connectivity index is 2.85. The molecule has 0 rings (SSSR count). The predicted octanol–water partition coefficient (Wildman–Crippen LogP) is 3.13. The van der Waals surface area contributed by atoms with Crippen LogP contribution >= 0.6 is 0 Å². The Morgan fingerprint density at radius 1 is 1.00 bits per heavy atom. The SMILES string of the molecule is CCCCCCCOCCCC(C)O. The van der Waals surface area contributed by atoms with Gasteiger partial charge in [-0.2, -0.15) is 0 Å². The van der Waals surface area contributed by atoms with Gasteiger partial charge in [0.05, 0.1) is 6.10 Å². The Morgan fingerprint density at radius 2 is 1.64 bits per heavy atom. The molecule has 0 aliphatic heterocycles. The molecule has 1 unspecified atom stereocenters. The molecule has 0 radical (unpaired) electrons. The highest BCUT2D eigenvalue weighted by Gasteiger charge is 1.95. The summed E-state index contributed by atoms with van der Waals surface area (Å²) in [5, 5.41) is 9.00. The molecular weight excluding hydrogens is 176 g/mol. The molecule has 0 spiro atoms. The molecular formula is C12H26O2. The second-order valence-electron chi connectivity index (χ2n) is 4.02. The number of hydrogen-bond donors (Lipinski definition) is 1. The van der Waals surface area contributed by atoms with Gasteiger partial charge >= 0.3 is 0 Å². The van der Waals surface area contributed by atoms with E-state index in [0.717, 1.165) is 26.1 Å². The molecule has 1 N–H and O–H groups in total. The molecule has 0 aliphatic carbocycles. The van der Waals surface area contributed by atoms with Crippen LogP contribution < -0.4 is 0 Å². The molecule has 0 aromatic carbocycles. The van der Waals surface area contributed by atoms with Gasteiger partial charge in [-0.15, -0.1) is 0 Å². The van der Waals surface area contributed by atoms with Crippen molar-refractivity contribution in [1.82, 2.24) is 0 Å². The van der Waals surface area contributed by atoms with E-state index < -0.39 is 0 Å². The number of ether oxygens (including phenoxy) is 1. The third kappa shape index (κ3) is 11.9. The van der Waals surface area contributed by atoms with E-state index in [2.05, 4.69) is 6.92 Å². The Kier molecular flexibility index (Phi) is 10.9. The largest absolute Gasteiger partial charge is 0.393 e. The second kappa shape index (κ2) is 11.0. The predicted molar refractivity (Wildman–Crippen MR) is 60.5 cm³/mol. The van der Waals surface area contributed by atoms with Gasteiger partial charge in [0.15, 0.2) is 0 Å². The van der Waals surface area contributed by atoms with Crippen LogP contribution in [-0.2, 0) is 4.74 Å². The molecule has 0 aromatic heterocycles. The van der Waals surface area contributed by atoms with Gasteiger partial charge in [-0.05, 0) is 26.2 Å². The van der Waals surface area contributed by atoms with Crippen molar-refractivity contribution >= 4 is 0 Å². The quantitative estimate of drug-likeness (QED) is 0.551. The zero-order chi connectivity index (χ0) is 10.6. The summed E-state index contributed by atoms with van der Waals surface area (Å²) in [6.45, 7) is 5.75. The zero-order valence-electron chi connectivity index (χ0n) is 9.80. The Morgan fingerprint density at radius 3 is 2.29 bits per heavy atom. The molecule has 0 bridgehead atoms. The fraction of sp³-hybridized carbons (Fsp3) is 1.00. The van der Waals surface area contributed by atoms with E-state index in [1.54, 1.807) is 0 Å². The van der Waals surface area contributed by atoms with E-state index in [1.807, 2.05) is 6.92 Å². The maximum atomic E-state index is 9.00. The fourth-order valence-electron chi connectivity index (χ4n) is 1.39. The summed E-state index contributed by atoms with van der Waals surface area (Å²) in [6, 6.07) is 0. The summed E-state index contributed by atoms with van der Waals surface area (Å²) in [4.78, 5) is 0. The fourth-order valence-corrected chi connectivity index (χ4v) is 1.39. The average molecular weight is 202 g/mol. The monoisotopic (exact) mass is 202 g/mol. The lowest BCUT2D eigenvalue weighted by Crippen LogP contribution is -2.03. The summed E-state index contributed by atoms with van der Waals surface area (Å²) < 4.78 is 5.45. The minimum absolute atomic E-state index is 0.178. The zero-order valence-corrected chi connectivity index (χ0v) is 9.80. The number of aliphatic hydroxyl groups excluding tert-OH is 1. The topological polar surface area (TPSA) is 29.5 Å². The van der Waals surface area contributed by atoms with Gasteiger partial charge in [-0.25, -0.2) is 0 Å². The lowest BCUT2D eigenvalue weighted by molar-refractivity contribution is 0.109. The molecule has 2 heteroatoms. The number of hydrogen-bond acceptors (Lipinski definition) is 2. The first-order chi connectivity index (χ1) is 6.77. The summed E-state index contributed by atoms with van der Waals surface area (Å²) in [7, 11) is 0. The second-order valence-corrected chi connectivity index (χ2v) is 4.02. The number of unbranched alkanes of at least 4 members (excludes halogenated alkanes) is 4. The van der Waals surface area contributed by atoms with Crippen molar-refractivity contribution in [3.8, 4) is 0 Å². The maximum Gasteiger partial charge on any atom is 0.0513 e. The van der Waals surface area contributed by atoms with Crippen molar-refractivity contribution in [2.24, 2.45) is 0 Å². The van der Waals surface area contributed by atoms with E-state index in [0.29, 0.717) is 0 Å². The van der Waals surface area contributed by atoms with Crippen molar-refractivity contribution in [3.05, 3.63) is 0 Å². The van der Waals surface area contributed by atoms with Gasteiger partial charge in [0.2, 0.25) is 0 Å². The molecule has 0 fully saturated rings. The van der Waals surface area contributed by atoms with Gasteiger partial charge in [0.1, 0.15) is 0 Å². The molecule has 1 atom stereocenters. The standard InChI is InChI=1S/C12H26O2/c1-3-4-5-6-7-10-14-11-8-9-12(2)13/h12-13H,3-11H2,1-2H3. The van der Waals surface area contributed by atoms with Crippen LogP contribution in [0.2, 0.25) is 0 Å². The van der Waals surface area contributed by atoms with Crippen molar-refractivity contribution in [2.75, 3.05) is 13.2 Å². The molecule has 0 saturated carbocycles. The van der Waals surface area contributed by atoms with Crippen LogP contribution in [0.3, 0.4) is 0 Å². The van der Waals surface area contributed by atoms with Crippen LogP contribution in [0.5, 0.6) is 0 Å². The van der Waals surface area contributed by atoms with E-state index in [-0.39, 0.29) is 6.10 Å². The molecule has 2 nitrogen and oxygen atoms in total. The normalized spacial score (nSPS) is 13.1. The lowest BCUT2D eigenvalue weighted by Gasteiger charge is -2.05. The Hall–Kier alpha value is -0.0800. The van der Waals surface area contributed by atoms with E-state index in [9.17, 15) is 0 Å². The molecule has 0 heterocycles. The van der Waals surface area contributed by atoms with Crippen LogP contribution in [0.25, 0.3) is 0 Å². The van der Waals surface area contributed by atoms with Crippen molar-refractivity contribution in [2.45, 2.75) is 64.9 Å².